The minimum atomic E-state index is -0.771. The van der Waals surface area contributed by atoms with Gasteiger partial charge in [0.1, 0.15) is 5.58 Å². The lowest BCUT2D eigenvalue weighted by Crippen LogP contribution is -2.16. The van der Waals surface area contributed by atoms with Crippen molar-refractivity contribution in [3.05, 3.63) is 70.0 Å². The first-order valence-corrected chi connectivity index (χ1v) is 6.82. The molecule has 0 fully saturated rings. The zero-order valence-corrected chi connectivity index (χ0v) is 12.1. The minimum Gasteiger partial charge on any atom is -0.868 e. The van der Waals surface area contributed by atoms with Crippen LogP contribution in [-0.4, -0.2) is 17.0 Å². The number of hydrogen-bond acceptors (Lipinski definition) is 6. The van der Waals surface area contributed by atoms with Gasteiger partial charge in [0, 0.05) is 17.0 Å². The number of rotatable bonds is 4. The fourth-order valence-corrected chi connectivity index (χ4v) is 2.07. The number of nitro groups is 1. The molecule has 0 atom stereocenters. The van der Waals surface area contributed by atoms with Crippen LogP contribution in [-0.2, 0) is 0 Å². The summed E-state index contributed by atoms with van der Waals surface area (Å²) >= 11 is 0. The molecule has 0 saturated heterocycles. The molecule has 1 amide bonds. The Morgan fingerprint density at radius 1 is 1.21 bits per heavy atom. The lowest BCUT2D eigenvalue weighted by atomic mass is 10.2. The first kappa shape index (κ1) is 15.2. The molecular formula is C16H10N3O5-. The molecule has 24 heavy (non-hydrogen) atoms. The van der Waals surface area contributed by atoms with Crippen molar-refractivity contribution in [1.29, 1.82) is 0 Å². The van der Waals surface area contributed by atoms with E-state index in [0.717, 1.165) is 17.5 Å². The number of fused-ring (bicyclic) bond motifs is 1. The van der Waals surface area contributed by atoms with Crippen LogP contribution in [0.1, 0.15) is 16.1 Å². The van der Waals surface area contributed by atoms with Gasteiger partial charge in [0.25, 0.3) is 5.69 Å². The molecule has 1 aromatic heterocycles. The molecule has 0 saturated carbocycles. The first-order valence-electron chi connectivity index (χ1n) is 6.82. The highest BCUT2D eigenvalue weighted by Gasteiger charge is 2.11. The van der Waals surface area contributed by atoms with Crippen molar-refractivity contribution < 1.29 is 19.2 Å². The van der Waals surface area contributed by atoms with Crippen LogP contribution in [0.4, 0.5) is 5.69 Å². The number of hydrogen-bond donors (Lipinski definition) is 1. The van der Waals surface area contributed by atoms with Crippen LogP contribution in [0, 0.1) is 10.1 Å². The van der Waals surface area contributed by atoms with Gasteiger partial charge in [-0.1, -0.05) is 30.3 Å². The molecule has 0 aliphatic rings. The highest BCUT2D eigenvalue weighted by Crippen LogP contribution is 2.23. The van der Waals surface area contributed by atoms with E-state index in [9.17, 15) is 20.0 Å². The smallest absolute Gasteiger partial charge is 0.307 e. The van der Waals surface area contributed by atoms with Gasteiger partial charge in [0.2, 0.25) is 0 Å². The van der Waals surface area contributed by atoms with Crippen molar-refractivity contribution in [2.24, 2.45) is 5.10 Å². The van der Waals surface area contributed by atoms with E-state index in [-0.39, 0.29) is 5.76 Å². The third-order valence-corrected chi connectivity index (χ3v) is 3.21. The highest BCUT2D eigenvalue weighted by molar-refractivity contribution is 5.96. The van der Waals surface area contributed by atoms with Gasteiger partial charge in [0.15, 0.2) is 5.76 Å². The maximum absolute atomic E-state index is 12.0. The Morgan fingerprint density at radius 2 is 2.00 bits per heavy atom. The summed E-state index contributed by atoms with van der Waals surface area (Å²) in [5.74, 6) is -1.16. The summed E-state index contributed by atoms with van der Waals surface area (Å²) in [7, 11) is 0. The Balaban J connectivity index is 1.73. The molecule has 1 N–H and O–H groups in total. The standard InChI is InChI=1S/C16H11N3O5/c20-13-6-5-10(7-12(13)19(22)23)9-17-18-16(21)15-8-11-3-1-2-4-14(11)24-15/h1-9,20H,(H,18,21)/p-1/b17-9-. The van der Waals surface area contributed by atoms with Crippen molar-refractivity contribution in [3.63, 3.8) is 0 Å². The second-order valence-electron chi connectivity index (χ2n) is 4.83. The van der Waals surface area contributed by atoms with E-state index in [0.29, 0.717) is 11.1 Å². The predicted molar refractivity (Wildman–Crippen MR) is 83.8 cm³/mol. The zero-order valence-electron chi connectivity index (χ0n) is 12.1. The average molecular weight is 324 g/mol. The number of amides is 1. The van der Waals surface area contributed by atoms with E-state index in [1.165, 1.54) is 12.3 Å². The Bertz CT molecular complexity index is 928. The molecular weight excluding hydrogens is 314 g/mol. The van der Waals surface area contributed by atoms with Gasteiger partial charge in [-0.15, -0.1) is 0 Å². The van der Waals surface area contributed by atoms with Gasteiger partial charge in [0.05, 0.1) is 11.1 Å². The molecule has 3 aromatic rings. The normalized spacial score (nSPS) is 11.0. The molecule has 3 rings (SSSR count). The lowest BCUT2D eigenvalue weighted by Gasteiger charge is -2.05. The van der Waals surface area contributed by atoms with E-state index in [1.807, 2.05) is 12.1 Å². The number of nitrogens with zero attached hydrogens (tertiary/aromatic N) is 2. The van der Waals surface area contributed by atoms with Crippen molar-refractivity contribution in [2.75, 3.05) is 0 Å². The van der Waals surface area contributed by atoms with E-state index < -0.39 is 22.3 Å². The molecule has 0 aliphatic heterocycles. The van der Waals surface area contributed by atoms with Gasteiger partial charge < -0.3 is 9.52 Å². The topological polar surface area (TPSA) is 121 Å². The number of para-hydroxylation sites is 1. The molecule has 120 valence electrons. The van der Waals surface area contributed by atoms with Gasteiger partial charge in [-0.05, 0) is 17.9 Å². The Kier molecular flexibility index (Phi) is 3.94. The van der Waals surface area contributed by atoms with Crippen LogP contribution in [0.25, 0.3) is 11.0 Å². The van der Waals surface area contributed by atoms with Gasteiger partial charge in [-0.25, -0.2) is 5.43 Å². The number of carbonyl (C=O) groups excluding carboxylic acids is 1. The second kappa shape index (κ2) is 6.21. The zero-order chi connectivity index (χ0) is 17.1. The number of nitrogens with one attached hydrogen (secondary N) is 1. The molecule has 0 unspecified atom stereocenters. The lowest BCUT2D eigenvalue weighted by molar-refractivity contribution is -0.398. The summed E-state index contributed by atoms with van der Waals surface area (Å²) in [6.07, 6.45) is 1.20. The number of hydrazone groups is 1. The molecule has 0 bridgehead atoms. The van der Waals surface area contributed by atoms with Crippen molar-refractivity contribution in [3.8, 4) is 5.75 Å². The maximum Gasteiger partial charge on any atom is 0.307 e. The van der Waals surface area contributed by atoms with Crippen LogP contribution < -0.4 is 10.5 Å². The third-order valence-electron chi connectivity index (χ3n) is 3.21. The van der Waals surface area contributed by atoms with Crippen LogP contribution in [0.5, 0.6) is 5.75 Å². The quantitative estimate of drug-likeness (QED) is 0.448. The fraction of sp³-hybridized carbons (Fsp3) is 0. The molecule has 8 nitrogen and oxygen atoms in total. The van der Waals surface area contributed by atoms with Gasteiger partial charge in [-0.3, -0.25) is 14.9 Å². The molecule has 0 aliphatic carbocycles. The van der Waals surface area contributed by atoms with Crippen molar-refractivity contribution >= 4 is 28.8 Å². The number of nitro benzene ring substituents is 1. The van der Waals surface area contributed by atoms with E-state index in [4.69, 9.17) is 4.42 Å². The van der Waals surface area contributed by atoms with E-state index in [1.54, 1.807) is 18.2 Å². The monoisotopic (exact) mass is 324 g/mol. The average Bonchev–Trinajstić information content (AvgIpc) is 3.00. The van der Waals surface area contributed by atoms with E-state index in [2.05, 4.69) is 10.5 Å². The molecule has 1 heterocycles. The van der Waals surface area contributed by atoms with Crippen LogP contribution in [0.3, 0.4) is 0 Å². The summed E-state index contributed by atoms with van der Waals surface area (Å²) in [6.45, 7) is 0. The predicted octanol–water partition coefficient (Wildman–Crippen LogP) is 2.18. The Labute approximate surface area is 135 Å². The van der Waals surface area contributed by atoms with Crippen LogP contribution in [0.15, 0.2) is 58.0 Å². The second-order valence-corrected chi connectivity index (χ2v) is 4.83. The number of carbonyl (C=O) groups is 1. The summed E-state index contributed by atoms with van der Waals surface area (Å²) in [4.78, 5) is 21.9. The van der Waals surface area contributed by atoms with Crippen LogP contribution >= 0.6 is 0 Å². The molecule has 0 spiro atoms. The molecule has 8 heteroatoms. The van der Waals surface area contributed by atoms with Crippen molar-refractivity contribution in [2.45, 2.75) is 0 Å². The summed E-state index contributed by atoms with van der Waals surface area (Å²) in [5, 5.41) is 26.5. The van der Waals surface area contributed by atoms with E-state index >= 15 is 0 Å². The fourth-order valence-electron chi connectivity index (χ4n) is 2.07. The number of furan rings is 1. The molecule has 2 aromatic carbocycles. The summed E-state index contributed by atoms with van der Waals surface area (Å²) in [5.41, 5.74) is 2.60. The SMILES string of the molecule is O=C(N/N=C\c1ccc([O-])c([N+](=O)[O-])c1)c1cc2ccccc2o1. The first-order chi connectivity index (χ1) is 11.5. The van der Waals surface area contributed by atoms with Crippen molar-refractivity contribution in [1.82, 2.24) is 5.43 Å². The van der Waals surface area contributed by atoms with Gasteiger partial charge in [-0.2, -0.15) is 5.10 Å². The highest BCUT2D eigenvalue weighted by atomic mass is 16.6. The minimum absolute atomic E-state index is 0.0919. The third kappa shape index (κ3) is 3.07. The van der Waals surface area contributed by atoms with Crippen LogP contribution in [0.2, 0.25) is 0 Å². The Hall–Kier alpha value is -3.68. The summed E-state index contributed by atoms with van der Waals surface area (Å²) < 4.78 is 5.38. The number of benzene rings is 2. The largest absolute Gasteiger partial charge is 0.868 e. The molecule has 0 radical (unpaired) electrons. The summed E-state index contributed by atoms with van der Waals surface area (Å²) in [6, 6.07) is 12.3. The maximum atomic E-state index is 12.0. The van der Waals surface area contributed by atoms with Gasteiger partial charge >= 0.3 is 5.91 Å². The Morgan fingerprint density at radius 3 is 2.75 bits per heavy atom.